The number of nitrogens with zero attached hydrogens (tertiary/aromatic N) is 2. The Labute approximate surface area is 96.3 Å². The zero-order valence-electron chi connectivity index (χ0n) is 8.11. The van der Waals surface area contributed by atoms with Crippen LogP contribution in [0.25, 0.3) is 0 Å². The molecule has 0 bridgehead atoms. The van der Waals surface area contributed by atoms with Gasteiger partial charge < -0.3 is 11.1 Å². The number of nitrogens with two attached hydrogens (primary N) is 1. The van der Waals surface area contributed by atoms with Crippen molar-refractivity contribution in [2.75, 3.05) is 11.1 Å². The summed E-state index contributed by atoms with van der Waals surface area (Å²) in [4.78, 5) is 7.87. The van der Waals surface area contributed by atoms with Gasteiger partial charge in [0.2, 0.25) is 5.95 Å². The first-order chi connectivity index (χ1) is 7.65. The quantitative estimate of drug-likeness (QED) is 0.844. The van der Waals surface area contributed by atoms with Crippen molar-refractivity contribution >= 4 is 28.9 Å². The van der Waals surface area contributed by atoms with Crippen LogP contribution < -0.4 is 11.1 Å². The van der Waals surface area contributed by atoms with Crippen molar-refractivity contribution < 1.29 is 4.39 Å². The molecule has 0 saturated heterocycles. The normalized spacial score (nSPS) is 10.1. The van der Waals surface area contributed by atoms with Gasteiger partial charge in [-0.05, 0) is 18.2 Å². The molecule has 2 aromatic rings. The highest BCUT2D eigenvalue weighted by Crippen LogP contribution is 2.24. The zero-order chi connectivity index (χ0) is 11.5. The van der Waals surface area contributed by atoms with Gasteiger partial charge in [-0.15, -0.1) is 0 Å². The molecular formula is C10H8ClFN4. The molecular weight excluding hydrogens is 231 g/mol. The fraction of sp³-hybridized carbons (Fsp3) is 0. The van der Waals surface area contributed by atoms with Gasteiger partial charge >= 0.3 is 0 Å². The van der Waals surface area contributed by atoms with E-state index in [0.717, 1.165) is 0 Å². The number of hydrogen-bond acceptors (Lipinski definition) is 4. The van der Waals surface area contributed by atoms with E-state index in [9.17, 15) is 4.39 Å². The lowest BCUT2D eigenvalue weighted by molar-refractivity contribution is 0.628. The standard InChI is InChI=1S/C10H8ClFN4/c11-8-3-6(12)1-2-9(8)16-10-14-4-7(13)5-15-10/h1-5H,13H2,(H,14,15,16). The third-order valence-corrected chi connectivity index (χ3v) is 2.16. The molecule has 0 atom stereocenters. The van der Waals surface area contributed by atoms with Crippen molar-refractivity contribution in [2.45, 2.75) is 0 Å². The van der Waals surface area contributed by atoms with Crippen molar-refractivity contribution in [3.05, 3.63) is 41.4 Å². The van der Waals surface area contributed by atoms with Crippen LogP contribution in [0.4, 0.5) is 21.7 Å². The highest BCUT2D eigenvalue weighted by atomic mass is 35.5. The summed E-state index contributed by atoms with van der Waals surface area (Å²) in [5.41, 5.74) is 6.44. The van der Waals surface area contributed by atoms with Crippen LogP contribution in [-0.4, -0.2) is 9.97 Å². The van der Waals surface area contributed by atoms with Crippen LogP contribution in [0.1, 0.15) is 0 Å². The van der Waals surface area contributed by atoms with Crippen molar-refractivity contribution in [3.63, 3.8) is 0 Å². The molecule has 1 aromatic carbocycles. The number of anilines is 3. The summed E-state index contributed by atoms with van der Waals surface area (Å²) in [6.07, 6.45) is 2.93. The van der Waals surface area contributed by atoms with Crippen molar-refractivity contribution in [3.8, 4) is 0 Å². The molecule has 0 aliphatic carbocycles. The van der Waals surface area contributed by atoms with Gasteiger partial charge in [0.05, 0.1) is 28.8 Å². The van der Waals surface area contributed by atoms with Crippen molar-refractivity contribution in [1.82, 2.24) is 9.97 Å². The predicted molar refractivity (Wildman–Crippen MR) is 61.1 cm³/mol. The van der Waals surface area contributed by atoms with Crippen LogP contribution in [0.2, 0.25) is 5.02 Å². The van der Waals surface area contributed by atoms with Crippen LogP contribution in [0.5, 0.6) is 0 Å². The molecule has 2 rings (SSSR count). The second-order valence-electron chi connectivity index (χ2n) is 3.09. The smallest absolute Gasteiger partial charge is 0.227 e. The Kier molecular flexibility index (Phi) is 2.87. The summed E-state index contributed by atoms with van der Waals surface area (Å²) >= 11 is 5.83. The number of aromatic nitrogens is 2. The van der Waals surface area contributed by atoms with Gasteiger partial charge in [0.1, 0.15) is 5.82 Å². The highest BCUT2D eigenvalue weighted by molar-refractivity contribution is 6.33. The first-order valence-electron chi connectivity index (χ1n) is 4.45. The fourth-order valence-corrected chi connectivity index (χ4v) is 1.33. The number of nitrogen functional groups attached to an aromatic ring is 1. The Morgan fingerprint density at radius 3 is 2.56 bits per heavy atom. The van der Waals surface area contributed by atoms with Gasteiger partial charge in [-0.25, -0.2) is 14.4 Å². The third-order valence-electron chi connectivity index (χ3n) is 1.85. The largest absolute Gasteiger partial charge is 0.396 e. The highest BCUT2D eigenvalue weighted by Gasteiger charge is 2.03. The summed E-state index contributed by atoms with van der Waals surface area (Å²) < 4.78 is 12.8. The molecule has 3 N–H and O–H groups in total. The van der Waals surface area contributed by atoms with Crippen LogP contribution in [0.15, 0.2) is 30.6 Å². The number of halogens is 2. The second kappa shape index (κ2) is 4.32. The molecule has 1 aromatic heterocycles. The third kappa shape index (κ3) is 2.38. The van der Waals surface area contributed by atoms with E-state index in [0.29, 0.717) is 17.3 Å². The Morgan fingerprint density at radius 1 is 1.25 bits per heavy atom. The van der Waals surface area contributed by atoms with E-state index in [2.05, 4.69) is 15.3 Å². The molecule has 0 aliphatic rings. The van der Waals surface area contributed by atoms with E-state index in [1.807, 2.05) is 0 Å². The maximum atomic E-state index is 12.8. The molecule has 0 spiro atoms. The summed E-state index contributed by atoms with van der Waals surface area (Å²) in [5.74, 6) is -0.0449. The summed E-state index contributed by atoms with van der Waals surface area (Å²) in [6, 6.07) is 4.02. The van der Waals surface area contributed by atoms with Gasteiger partial charge in [-0.2, -0.15) is 0 Å². The maximum absolute atomic E-state index is 12.8. The van der Waals surface area contributed by atoms with E-state index < -0.39 is 5.82 Å². The molecule has 82 valence electrons. The van der Waals surface area contributed by atoms with E-state index in [1.54, 1.807) is 0 Å². The molecule has 0 radical (unpaired) electrons. The minimum Gasteiger partial charge on any atom is -0.396 e. The first kappa shape index (κ1) is 10.6. The van der Waals surface area contributed by atoms with Gasteiger partial charge in [0.15, 0.2) is 0 Å². The van der Waals surface area contributed by atoms with Crippen LogP contribution >= 0.6 is 11.6 Å². The average Bonchev–Trinajstić information content (AvgIpc) is 2.25. The molecule has 0 unspecified atom stereocenters. The molecule has 0 saturated carbocycles. The van der Waals surface area contributed by atoms with Crippen LogP contribution in [0.3, 0.4) is 0 Å². The topological polar surface area (TPSA) is 63.8 Å². The van der Waals surface area contributed by atoms with Crippen molar-refractivity contribution in [2.24, 2.45) is 0 Å². The number of benzene rings is 1. The minimum absolute atomic E-state index is 0.264. The minimum atomic E-state index is -0.395. The molecule has 4 nitrogen and oxygen atoms in total. The van der Waals surface area contributed by atoms with E-state index in [4.69, 9.17) is 17.3 Å². The Morgan fingerprint density at radius 2 is 1.94 bits per heavy atom. The summed E-state index contributed by atoms with van der Waals surface area (Å²) in [5, 5.41) is 3.11. The average molecular weight is 239 g/mol. The summed E-state index contributed by atoms with van der Waals surface area (Å²) in [6.45, 7) is 0. The number of rotatable bonds is 2. The molecule has 6 heteroatoms. The van der Waals surface area contributed by atoms with E-state index in [1.165, 1.54) is 30.6 Å². The lowest BCUT2D eigenvalue weighted by atomic mass is 10.3. The molecule has 0 fully saturated rings. The van der Waals surface area contributed by atoms with Gasteiger partial charge in [-0.1, -0.05) is 11.6 Å². The number of nitrogens with one attached hydrogen (secondary N) is 1. The fourth-order valence-electron chi connectivity index (χ4n) is 1.11. The molecule has 1 heterocycles. The Bertz CT molecular complexity index is 501. The zero-order valence-corrected chi connectivity index (χ0v) is 8.87. The lowest BCUT2D eigenvalue weighted by Gasteiger charge is -2.06. The summed E-state index contributed by atoms with van der Waals surface area (Å²) in [7, 11) is 0. The Balaban J connectivity index is 2.23. The van der Waals surface area contributed by atoms with Crippen molar-refractivity contribution in [1.29, 1.82) is 0 Å². The molecule has 0 aliphatic heterocycles. The lowest BCUT2D eigenvalue weighted by Crippen LogP contribution is -1.98. The monoisotopic (exact) mass is 238 g/mol. The van der Waals surface area contributed by atoms with Crippen LogP contribution in [0, 0.1) is 5.82 Å². The molecule has 16 heavy (non-hydrogen) atoms. The maximum Gasteiger partial charge on any atom is 0.227 e. The van der Waals surface area contributed by atoms with Gasteiger partial charge in [0.25, 0.3) is 0 Å². The van der Waals surface area contributed by atoms with Gasteiger partial charge in [-0.3, -0.25) is 0 Å². The Hall–Kier alpha value is -1.88. The van der Waals surface area contributed by atoms with E-state index >= 15 is 0 Å². The first-order valence-corrected chi connectivity index (χ1v) is 4.82. The number of hydrogen-bond donors (Lipinski definition) is 2. The van der Waals surface area contributed by atoms with Crippen LogP contribution in [-0.2, 0) is 0 Å². The predicted octanol–water partition coefficient (Wildman–Crippen LogP) is 2.59. The van der Waals surface area contributed by atoms with E-state index in [-0.39, 0.29) is 5.02 Å². The second-order valence-corrected chi connectivity index (χ2v) is 3.50. The van der Waals surface area contributed by atoms with Gasteiger partial charge in [0, 0.05) is 0 Å². The SMILES string of the molecule is Nc1cnc(Nc2ccc(F)cc2Cl)nc1. The molecule has 0 amide bonds.